The fourth-order valence-corrected chi connectivity index (χ4v) is 1.21. The molecule has 0 aliphatic heterocycles. The molecule has 2 atom stereocenters. The summed E-state index contributed by atoms with van der Waals surface area (Å²) in [5.74, 6) is -1.44. The van der Waals surface area contributed by atoms with Crippen LogP contribution in [0.1, 0.15) is 39.5 Å². The molecule has 0 fully saturated rings. The second-order valence-corrected chi connectivity index (χ2v) is 3.76. The summed E-state index contributed by atoms with van der Waals surface area (Å²) in [6.07, 6.45) is 2.67. The summed E-state index contributed by atoms with van der Waals surface area (Å²) in [7, 11) is 0. The predicted molar refractivity (Wildman–Crippen MR) is 57.4 cm³/mol. The van der Waals surface area contributed by atoms with Gasteiger partial charge in [0.15, 0.2) is 0 Å². The Labute approximate surface area is 90.0 Å². The van der Waals surface area contributed by atoms with E-state index in [9.17, 15) is 9.59 Å². The molecule has 0 aromatic carbocycles. The van der Waals surface area contributed by atoms with Crippen LogP contribution < -0.4 is 11.1 Å². The highest BCUT2D eigenvalue weighted by Crippen LogP contribution is 2.00. The van der Waals surface area contributed by atoms with Gasteiger partial charge in [-0.15, -0.1) is 0 Å². The average Bonchev–Trinajstić information content (AvgIpc) is 2.13. The zero-order valence-corrected chi connectivity index (χ0v) is 9.32. The Bertz CT molecular complexity index is 219. The smallest absolute Gasteiger partial charge is 0.305 e. The molecule has 0 aliphatic rings. The zero-order valence-electron chi connectivity index (χ0n) is 9.32. The maximum absolute atomic E-state index is 11.4. The molecule has 0 unspecified atom stereocenters. The van der Waals surface area contributed by atoms with Gasteiger partial charge in [0.2, 0.25) is 5.91 Å². The Morgan fingerprint density at radius 1 is 1.47 bits per heavy atom. The Hall–Kier alpha value is -1.10. The second kappa shape index (κ2) is 7.23. The number of unbranched alkanes of at least 4 members (excludes halogenated alkanes) is 1. The molecule has 0 aromatic heterocycles. The van der Waals surface area contributed by atoms with Gasteiger partial charge in [-0.05, 0) is 13.3 Å². The largest absolute Gasteiger partial charge is 0.481 e. The Morgan fingerprint density at radius 2 is 2.07 bits per heavy atom. The molecule has 0 rings (SSSR count). The number of hydrogen-bond acceptors (Lipinski definition) is 3. The van der Waals surface area contributed by atoms with Gasteiger partial charge in [0, 0.05) is 6.04 Å². The Morgan fingerprint density at radius 3 is 2.53 bits per heavy atom. The highest BCUT2D eigenvalue weighted by Gasteiger charge is 2.18. The minimum Gasteiger partial charge on any atom is -0.481 e. The maximum Gasteiger partial charge on any atom is 0.305 e. The van der Waals surface area contributed by atoms with Crippen LogP contribution >= 0.6 is 0 Å². The number of carboxylic acids is 1. The molecule has 4 N–H and O–H groups in total. The Balaban J connectivity index is 3.85. The molecule has 0 radical (unpaired) electrons. The minimum atomic E-state index is -1.06. The molecule has 0 saturated heterocycles. The van der Waals surface area contributed by atoms with E-state index < -0.39 is 12.0 Å². The third-order valence-corrected chi connectivity index (χ3v) is 2.11. The minimum absolute atomic E-state index is 0.0531. The van der Waals surface area contributed by atoms with E-state index in [0.29, 0.717) is 0 Å². The van der Waals surface area contributed by atoms with Crippen LogP contribution in [0.2, 0.25) is 0 Å². The van der Waals surface area contributed by atoms with Crippen molar-refractivity contribution in [2.24, 2.45) is 5.73 Å². The van der Waals surface area contributed by atoms with Crippen molar-refractivity contribution in [2.75, 3.05) is 0 Å². The molecule has 5 heteroatoms. The summed E-state index contributed by atoms with van der Waals surface area (Å²) in [5, 5.41) is 11.1. The van der Waals surface area contributed by atoms with Crippen molar-refractivity contribution in [3.63, 3.8) is 0 Å². The molecule has 0 spiro atoms. The van der Waals surface area contributed by atoms with E-state index in [2.05, 4.69) is 12.2 Å². The standard InChI is InChI=1S/C10H20N2O3/c1-3-4-5-7(2)12-10(15)8(11)6-9(13)14/h7-8H,3-6,11H2,1-2H3,(H,12,15)(H,13,14)/t7-,8+/m0/s1. The third kappa shape index (κ3) is 6.90. The van der Waals surface area contributed by atoms with Gasteiger partial charge in [-0.1, -0.05) is 19.8 Å². The van der Waals surface area contributed by atoms with Crippen molar-refractivity contribution in [3.8, 4) is 0 Å². The van der Waals surface area contributed by atoms with E-state index in [1.54, 1.807) is 0 Å². The van der Waals surface area contributed by atoms with Gasteiger partial charge in [-0.3, -0.25) is 9.59 Å². The van der Waals surface area contributed by atoms with Crippen LogP contribution in [0.15, 0.2) is 0 Å². The summed E-state index contributed by atoms with van der Waals surface area (Å²) < 4.78 is 0. The van der Waals surface area contributed by atoms with Gasteiger partial charge in [0.1, 0.15) is 0 Å². The molecule has 15 heavy (non-hydrogen) atoms. The van der Waals surface area contributed by atoms with E-state index in [1.165, 1.54) is 0 Å². The first-order valence-corrected chi connectivity index (χ1v) is 5.25. The van der Waals surface area contributed by atoms with Crippen LogP contribution in [0.3, 0.4) is 0 Å². The van der Waals surface area contributed by atoms with Gasteiger partial charge >= 0.3 is 5.97 Å². The monoisotopic (exact) mass is 216 g/mol. The molecular weight excluding hydrogens is 196 g/mol. The summed E-state index contributed by atoms with van der Waals surface area (Å²) >= 11 is 0. The number of rotatable bonds is 7. The van der Waals surface area contributed by atoms with Crippen LogP contribution in [0.25, 0.3) is 0 Å². The summed E-state index contributed by atoms with van der Waals surface area (Å²) in [4.78, 5) is 21.7. The van der Waals surface area contributed by atoms with Crippen molar-refractivity contribution in [2.45, 2.75) is 51.6 Å². The van der Waals surface area contributed by atoms with E-state index >= 15 is 0 Å². The molecule has 1 amide bonds. The van der Waals surface area contributed by atoms with Crippen molar-refractivity contribution in [1.29, 1.82) is 0 Å². The van der Waals surface area contributed by atoms with E-state index in [1.807, 2.05) is 6.92 Å². The lowest BCUT2D eigenvalue weighted by molar-refractivity contribution is -0.139. The normalized spacial score (nSPS) is 14.3. The molecule has 0 aromatic rings. The molecule has 0 saturated carbocycles. The third-order valence-electron chi connectivity index (χ3n) is 2.11. The highest BCUT2D eigenvalue weighted by molar-refractivity contribution is 5.86. The summed E-state index contributed by atoms with van der Waals surface area (Å²) in [6.45, 7) is 3.96. The molecule has 0 bridgehead atoms. The lowest BCUT2D eigenvalue weighted by atomic mass is 10.1. The van der Waals surface area contributed by atoms with Crippen molar-refractivity contribution >= 4 is 11.9 Å². The summed E-state index contributed by atoms with van der Waals surface area (Å²) in [5.41, 5.74) is 5.40. The number of carbonyl (C=O) groups is 2. The van der Waals surface area contributed by atoms with Crippen LogP contribution in [-0.4, -0.2) is 29.1 Å². The zero-order chi connectivity index (χ0) is 11.8. The number of carboxylic acid groups (broad SMARTS) is 1. The fraction of sp³-hybridized carbons (Fsp3) is 0.800. The fourth-order valence-electron chi connectivity index (χ4n) is 1.21. The van der Waals surface area contributed by atoms with Crippen molar-refractivity contribution in [3.05, 3.63) is 0 Å². The SMILES string of the molecule is CCCC[C@H](C)NC(=O)[C@H](N)CC(=O)O. The summed E-state index contributed by atoms with van der Waals surface area (Å²) in [6, 6.07) is -0.899. The lowest BCUT2D eigenvalue weighted by Crippen LogP contribution is -2.45. The predicted octanol–water partition coefficient (Wildman–Crippen LogP) is 0.483. The van der Waals surface area contributed by atoms with E-state index in [0.717, 1.165) is 19.3 Å². The van der Waals surface area contributed by atoms with Crippen LogP contribution in [0.5, 0.6) is 0 Å². The molecule has 0 aliphatic carbocycles. The maximum atomic E-state index is 11.4. The second-order valence-electron chi connectivity index (χ2n) is 3.76. The van der Waals surface area contributed by atoms with Gasteiger partial charge < -0.3 is 16.2 Å². The van der Waals surface area contributed by atoms with Crippen molar-refractivity contribution < 1.29 is 14.7 Å². The number of nitrogens with one attached hydrogen (secondary N) is 1. The number of hydrogen-bond donors (Lipinski definition) is 3. The van der Waals surface area contributed by atoms with Crippen LogP contribution in [0, 0.1) is 0 Å². The van der Waals surface area contributed by atoms with E-state index in [4.69, 9.17) is 10.8 Å². The first-order valence-electron chi connectivity index (χ1n) is 5.25. The van der Waals surface area contributed by atoms with Gasteiger partial charge in [0.05, 0.1) is 12.5 Å². The number of aliphatic carboxylic acids is 1. The van der Waals surface area contributed by atoms with Crippen LogP contribution in [-0.2, 0) is 9.59 Å². The van der Waals surface area contributed by atoms with Gasteiger partial charge in [-0.25, -0.2) is 0 Å². The molecule has 5 nitrogen and oxygen atoms in total. The topological polar surface area (TPSA) is 92.4 Å². The van der Waals surface area contributed by atoms with Gasteiger partial charge in [0.25, 0.3) is 0 Å². The van der Waals surface area contributed by atoms with Gasteiger partial charge in [-0.2, -0.15) is 0 Å². The number of amides is 1. The molecular formula is C10H20N2O3. The first kappa shape index (κ1) is 13.9. The Kier molecular flexibility index (Phi) is 6.70. The number of nitrogens with two attached hydrogens (primary N) is 1. The van der Waals surface area contributed by atoms with Crippen LogP contribution in [0.4, 0.5) is 0 Å². The lowest BCUT2D eigenvalue weighted by Gasteiger charge is -2.16. The molecule has 88 valence electrons. The first-order chi connectivity index (χ1) is 6.97. The van der Waals surface area contributed by atoms with Crippen molar-refractivity contribution in [1.82, 2.24) is 5.32 Å². The quantitative estimate of drug-likeness (QED) is 0.577. The highest BCUT2D eigenvalue weighted by atomic mass is 16.4. The van der Waals surface area contributed by atoms with E-state index in [-0.39, 0.29) is 18.4 Å². The molecule has 0 heterocycles. The number of carbonyl (C=O) groups excluding carboxylic acids is 1. The average molecular weight is 216 g/mol.